The third-order valence-electron chi connectivity index (χ3n) is 2.67. The number of carbonyl (C=O) groups is 2. The number of carboxylic acids is 1. The molecule has 0 aliphatic heterocycles. The van der Waals surface area contributed by atoms with Crippen LogP contribution in [0.3, 0.4) is 0 Å². The molecule has 1 amide bonds. The molecule has 1 aromatic rings. The normalized spacial score (nSPS) is 11.9. The number of carbonyl (C=O) groups excluding carboxylic acids is 1. The fourth-order valence-corrected chi connectivity index (χ4v) is 1.89. The first-order valence-corrected chi connectivity index (χ1v) is 6.24. The van der Waals surface area contributed by atoms with Crippen molar-refractivity contribution >= 4 is 23.5 Å². The van der Waals surface area contributed by atoms with Crippen LogP contribution in [0.1, 0.15) is 18.4 Å². The molecular formula is C13H17ClN2O3. The zero-order chi connectivity index (χ0) is 14.4. The minimum Gasteiger partial charge on any atom is -0.481 e. The molecule has 1 aromatic carbocycles. The molecule has 0 saturated carbocycles. The van der Waals surface area contributed by atoms with Crippen molar-refractivity contribution in [2.45, 2.75) is 25.4 Å². The van der Waals surface area contributed by atoms with E-state index in [1.165, 1.54) is 4.90 Å². The minimum atomic E-state index is -0.958. The van der Waals surface area contributed by atoms with Crippen molar-refractivity contribution in [3.05, 3.63) is 34.9 Å². The van der Waals surface area contributed by atoms with Crippen LogP contribution in [0.5, 0.6) is 0 Å². The number of aliphatic carboxylic acids is 1. The van der Waals surface area contributed by atoms with Gasteiger partial charge in [-0.2, -0.15) is 0 Å². The van der Waals surface area contributed by atoms with E-state index in [2.05, 4.69) is 0 Å². The number of nitrogens with zero attached hydrogens (tertiary/aromatic N) is 1. The van der Waals surface area contributed by atoms with Gasteiger partial charge in [0.25, 0.3) is 0 Å². The molecule has 0 saturated heterocycles. The van der Waals surface area contributed by atoms with Gasteiger partial charge in [0.1, 0.15) is 0 Å². The Bertz CT molecular complexity index is 465. The summed E-state index contributed by atoms with van der Waals surface area (Å²) in [7, 11) is 1.63. The molecule has 0 aromatic heterocycles. The zero-order valence-electron chi connectivity index (χ0n) is 10.7. The number of carboxylic acid groups (broad SMARTS) is 1. The van der Waals surface area contributed by atoms with Gasteiger partial charge in [0.15, 0.2) is 0 Å². The molecule has 6 heteroatoms. The zero-order valence-corrected chi connectivity index (χ0v) is 11.4. The second-order valence-electron chi connectivity index (χ2n) is 4.36. The standard InChI is InChI=1S/C13H17ClN2O3/c1-16(8-9-3-2-4-10(14)7-9)13(19)11(15)5-6-12(17)18/h2-4,7,11H,5-6,8,15H2,1H3,(H,17,18). The van der Waals surface area contributed by atoms with E-state index in [-0.39, 0.29) is 18.7 Å². The highest BCUT2D eigenvalue weighted by Gasteiger charge is 2.19. The summed E-state index contributed by atoms with van der Waals surface area (Å²) in [5.41, 5.74) is 6.57. The summed E-state index contributed by atoms with van der Waals surface area (Å²) in [5.74, 6) is -1.23. The van der Waals surface area contributed by atoms with Gasteiger partial charge in [0.05, 0.1) is 6.04 Å². The van der Waals surface area contributed by atoms with E-state index in [0.717, 1.165) is 5.56 Å². The van der Waals surface area contributed by atoms with E-state index in [0.29, 0.717) is 11.6 Å². The average molecular weight is 285 g/mol. The van der Waals surface area contributed by atoms with Crippen molar-refractivity contribution in [1.82, 2.24) is 4.90 Å². The Labute approximate surface area is 117 Å². The third kappa shape index (κ3) is 5.28. The quantitative estimate of drug-likeness (QED) is 0.829. The molecule has 0 aliphatic carbocycles. The van der Waals surface area contributed by atoms with Crippen molar-refractivity contribution < 1.29 is 14.7 Å². The lowest BCUT2D eigenvalue weighted by molar-refractivity contribution is -0.137. The summed E-state index contributed by atoms with van der Waals surface area (Å²) in [6.45, 7) is 0.389. The van der Waals surface area contributed by atoms with Crippen LogP contribution in [0.4, 0.5) is 0 Å². The third-order valence-corrected chi connectivity index (χ3v) is 2.91. The summed E-state index contributed by atoms with van der Waals surface area (Å²) in [4.78, 5) is 23.8. The van der Waals surface area contributed by atoms with Gasteiger partial charge in [0.2, 0.25) is 5.91 Å². The van der Waals surface area contributed by atoms with E-state index in [1.807, 2.05) is 6.07 Å². The lowest BCUT2D eigenvalue weighted by Crippen LogP contribution is -2.41. The van der Waals surface area contributed by atoms with E-state index in [9.17, 15) is 9.59 Å². The molecule has 19 heavy (non-hydrogen) atoms. The van der Waals surface area contributed by atoms with Gasteiger partial charge in [0, 0.05) is 25.0 Å². The number of hydrogen-bond acceptors (Lipinski definition) is 3. The number of rotatable bonds is 6. The molecule has 0 bridgehead atoms. The van der Waals surface area contributed by atoms with Gasteiger partial charge < -0.3 is 15.7 Å². The van der Waals surface area contributed by atoms with Gasteiger partial charge in [-0.3, -0.25) is 9.59 Å². The molecule has 5 nitrogen and oxygen atoms in total. The van der Waals surface area contributed by atoms with Crippen LogP contribution < -0.4 is 5.73 Å². The molecule has 104 valence electrons. The first-order chi connectivity index (χ1) is 8.90. The smallest absolute Gasteiger partial charge is 0.303 e. The van der Waals surface area contributed by atoms with Crippen LogP contribution in [0.2, 0.25) is 5.02 Å². The van der Waals surface area contributed by atoms with E-state index in [4.69, 9.17) is 22.4 Å². The maximum absolute atomic E-state index is 11.9. The number of hydrogen-bond donors (Lipinski definition) is 2. The molecule has 1 atom stereocenters. The van der Waals surface area contributed by atoms with Crippen molar-refractivity contribution in [1.29, 1.82) is 0 Å². The Kier molecular flexibility index (Phi) is 5.79. The lowest BCUT2D eigenvalue weighted by Gasteiger charge is -2.21. The largest absolute Gasteiger partial charge is 0.481 e. The number of likely N-dealkylation sites (N-methyl/N-ethyl adjacent to an activating group) is 1. The second-order valence-corrected chi connectivity index (χ2v) is 4.80. The molecule has 0 aliphatic rings. The van der Waals surface area contributed by atoms with Crippen molar-refractivity contribution in [2.24, 2.45) is 5.73 Å². The SMILES string of the molecule is CN(Cc1cccc(Cl)c1)C(=O)C(N)CCC(=O)O. The summed E-state index contributed by atoms with van der Waals surface area (Å²) in [5, 5.41) is 9.16. The van der Waals surface area contributed by atoms with E-state index < -0.39 is 12.0 Å². The van der Waals surface area contributed by atoms with Crippen LogP contribution in [-0.4, -0.2) is 35.0 Å². The van der Waals surface area contributed by atoms with Crippen molar-refractivity contribution in [3.63, 3.8) is 0 Å². The topological polar surface area (TPSA) is 83.6 Å². The molecule has 0 heterocycles. The highest BCUT2D eigenvalue weighted by Crippen LogP contribution is 2.12. The second kappa shape index (κ2) is 7.11. The minimum absolute atomic E-state index is 0.113. The molecule has 0 fully saturated rings. The molecule has 1 unspecified atom stereocenters. The number of nitrogens with two attached hydrogens (primary N) is 1. The first-order valence-electron chi connectivity index (χ1n) is 5.87. The van der Waals surface area contributed by atoms with Crippen LogP contribution in [0.15, 0.2) is 24.3 Å². The van der Waals surface area contributed by atoms with Gasteiger partial charge in [-0.1, -0.05) is 23.7 Å². The predicted molar refractivity (Wildman–Crippen MR) is 72.8 cm³/mol. The fourth-order valence-electron chi connectivity index (χ4n) is 1.67. The first kappa shape index (κ1) is 15.5. The Balaban J connectivity index is 2.54. The number of amides is 1. The van der Waals surface area contributed by atoms with E-state index >= 15 is 0 Å². The summed E-state index contributed by atoms with van der Waals surface area (Å²) in [6.07, 6.45) is 0.0198. The molecular weight excluding hydrogens is 268 g/mol. The van der Waals surface area contributed by atoms with Gasteiger partial charge >= 0.3 is 5.97 Å². The van der Waals surface area contributed by atoms with Crippen molar-refractivity contribution in [3.8, 4) is 0 Å². The Morgan fingerprint density at radius 2 is 2.16 bits per heavy atom. The van der Waals surface area contributed by atoms with Gasteiger partial charge in [-0.25, -0.2) is 0 Å². The van der Waals surface area contributed by atoms with Crippen molar-refractivity contribution in [2.75, 3.05) is 7.05 Å². The maximum atomic E-state index is 11.9. The monoisotopic (exact) mass is 284 g/mol. The molecule has 0 radical (unpaired) electrons. The number of benzene rings is 1. The van der Waals surface area contributed by atoms with Crippen LogP contribution in [-0.2, 0) is 16.1 Å². The Hall–Kier alpha value is -1.59. The summed E-state index contributed by atoms with van der Waals surface area (Å²) < 4.78 is 0. The highest BCUT2D eigenvalue weighted by atomic mass is 35.5. The molecule has 0 spiro atoms. The summed E-state index contributed by atoms with van der Waals surface area (Å²) >= 11 is 5.86. The maximum Gasteiger partial charge on any atom is 0.303 e. The Morgan fingerprint density at radius 3 is 2.74 bits per heavy atom. The number of halogens is 1. The van der Waals surface area contributed by atoms with E-state index in [1.54, 1.807) is 25.2 Å². The fraction of sp³-hybridized carbons (Fsp3) is 0.385. The van der Waals surface area contributed by atoms with Crippen LogP contribution in [0.25, 0.3) is 0 Å². The van der Waals surface area contributed by atoms with Crippen LogP contribution >= 0.6 is 11.6 Å². The Morgan fingerprint density at radius 1 is 1.47 bits per heavy atom. The molecule has 1 rings (SSSR count). The predicted octanol–water partition coefficient (Wildman–Crippen LogP) is 1.49. The lowest BCUT2D eigenvalue weighted by atomic mass is 10.1. The molecule has 3 N–H and O–H groups in total. The van der Waals surface area contributed by atoms with Gasteiger partial charge in [-0.05, 0) is 24.1 Å². The van der Waals surface area contributed by atoms with Crippen LogP contribution in [0, 0.1) is 0 Å². The summed E-state index contributed by atoms with van der Waals surface area (Å²) in [6, 6.07) is 6.40. The highest BCUT2D eigenvalue weighted by molar-refractivity contribution is 6.30. The van der Waals surface area contributed by atoms with Gasteiger partial charge in [-0.15, -0.1) is 0 Å². The average Bonchev–Trinajstić information content (AvgIpc) is 2.34.